The van der Waals surface area contributed by atoms with Gasteiger partial charge in [0.05, 0.1) is 31.4 Å². The molecule has 2 saturated carbocycles. The first-order chi connectivity index (χ1) is 18.1. The van der Waals surface area contributed by atoms with Crippen molar-refractivity contribution in [2.75, 3.05) is 31.7 Å². The summed E-state index contributed by atoms with van der Waals surface area (Å²) in [7, 11) is -5.01. The second kappa shape index (κ2) is 11.2. The summed E-state index contributed by atoms with van der Waals surface area (Å²) in [4.78, 5) is 28.4. The lowest BCUT2D eigenvalue weighted by Crippen LogP contribution is -2.45. The van der Waals surface area contributed by atoms with Crippen LogP contribution < -0.4 is 5.32 Å². The summed E-state index contributed by atoms with van der Waals surface area (Å²) in [5, 5.41) is 37.2. The number of nitrogens with one attached hydrogen (secondary N) is 1. The molecule has 14 nitrogen and oxygen atoms in total. The zero-order chi connectivity index (χ0) is 27.1. The highest BCUT2D eigenvalue weighted by molar-refractivity contribution is 7.53. The quantitative estimate of drug-likeness (QED) is 0.153. The van der Waals surface area contributed by atoms with Crippen molar-refractivity contribution in [2.45, 2.75) is 74.4 Å². The van der Waals surface area contributed by atoms with Crippen molar-refractivity contribution < 1.29 is 43.9 Å². The third kappa shape index (κ3) is 5.71. The Morgan fingerprint density at radius 3 is 2.55 bits per heavy atom. The Morgan fingerprint density at radius 1 is 1.16 bits per heavy atom. The van der Waals surface area contributed by atoms with Gasteiger partial charge in [0.1, 0.15) is 24.1 Å². The van der Waals surface area contributed by atoms with Gasteiger partial charge in [-0.2, -0.15) is 15.1 Å². The van der Waals surface area contributed by atoms with Gasteiger partial charge in [-0.05, 0) is 43.2 Å². The van der Waals surface area contributed by atoms with Crippen LogP contribution in [0.2, 0.25) is 5.28 Å². The van der Waals surface area contributed by atoms with Crippen LogP contribution in [0.3, 0.4) is 0 Å². The Morgan fingerprint density at radius 2 is 1.89 bits per heavy atom. The molecule has 3 aliphatic rings. The number of hydrogen-bond acceptors (Lipinski definition) is 11. The summed E-state index contributed by atoms with van der Waals surface area (Å²) in [6, 6.07) is 0.248. The fraction of sp³-hybridized carbons (Fsp3) is 0.773. The maximum absolute atomic E-state index is 12.2. The second-order valence-electron chi connectivity index (χ2n) is 10.3. The van der Waals surface area contributed by atoms with Crippen molar-refractivity contribution in [3.8, 4) is 0 Å². The van der Waals surface area contributed by atoms with E-state index in [-0.39, 0.29) is 17.0 Å². The van der Waals surface area contributed by atoms with E-state index < -0.39 is 57.3 Å². The van der Waals surface area contributed by atoms with Gasteiger partial charge in [0.15, 0.2) is 11.9 Å². The van der Waals surface area contributed by atoms with Gasteiger partial charge in [-0.3, -0.25) is 4.57 Å². The minimum Gasteiger partial charge on any atom is -0.393 e. The molecule has 5 atom stereocenters. The molecule has 0 amide bonds. The van der Waals surface area contributed by atoms with Crippen molar-refractivity contribution in [3.05, 3.63) is 11.5 Å². The summed E-state index contributed by atoms with van der Waals surface area (Å²) in [6.45, 7) is -1.82. The molecule has 16 heteroatoms. The van der Waals surface area contributed by atoms with Gasteiger partial charge < -0.3 is 44.6 Å². The van der Waals surface area contributed by atoms with E-state index in [0.29, 0.717) is 23.7 Å². The molecule has 0 aromatic carbocycles. The molecule has 0 bridgehead atoms. The highest BCUT2D eigenvalue weighted by Crippen LogP contribution is 2.52. The highest BCUT2D eigenvalue weighted by atomic mass is 35.5. The molecule has 3 heterocycles. The minimum absolute atomic E-state index is 0.0340. The zero-order valence-corrected chi connectivity index (χ0v) is 22.2. The third-order valence-electron chi connectivity index (χ3n) is 7.37. The minimum atomic E-state index is -5.01. The van der Waals surface area contributed by atoms with Crippen LogP contribution >= 0.6 is 19.2 Å². The van der Waals surface area contributed by atoms with Crippen molar-refractivity contribution in [1.29, 1.82) is 0 Å². The number of hydrogen-bond donors (Lipinski definition) is 6. The van der Waals surface area contributed by atoms with Gasteiger partial charge in [-0.15, -0.1) is 0 Å². The number of aliphatic hydroxyl groups is 3. The fourth-order valence-electron chi connectivity index (χ4n) is 4.83. The molecule has 2 aromatic heterocycles. The van der Waals surface area contributed by atoms with E-state index in [1.807, 2.05) is 0 Å². The van der Waals surface area contributed by atoms with Crippen molar-refractivity contribution in [2.24, 2.45) is 5.92 Å². The average Bonchev–Trinajstić information content (AvgIpc) is 3.24. The van der Waals surface area contributed by atoms with Gasteiger partial charge in [0.2, 0.25) is 10.6 Å². The average molecular weight is 578 g/mol. The Kier molecular flexibility index (Phi) is 8.28. The number of aromatic nitrogens is 4. The zero-order valence-electron chi connectivity index (χ0n) is 20.6. The van der Waals surface area contributed by atoms with E-state index in [0.717, 1.165) is 38.5 Å². The number of aliphatic hydroxyl groups excluding tert-OH is 3. The van der Waals surface area contributed by atoms with Crippen LogP contribution in [0.25, 0.3) is 11.0 Å². The number of rotatable bonds is 12. The molecule has 2 aromatic rings. The number of halogens is 1. The number of nitrogens with zero attached hydrogens (tertiary/aromatic N) is 4. The number of ether oxygens (including phenoxy) is 3. The molecule has 0 unspecified atom stereocenters. The molecule has 0 spiro atoms. The predicted octanol–water partition coefficient (Wildman–Crippen LogP) is 0.763. The van der Waals surface area contributed by atoms with E-state index in [9.17, 15) is 29.7 Å². The largest absolute Gasteiger partial charge is 0.393 e. The fourth-order valence-corrected chi connectivity index (χ4v) is 5.68. The van der Waals surface area contributed by atoms with Crippen LogP contribution in [0.4, 0.5) is 5.82 Å². The predicted molar refractivity (Wildman–Crippen MR) is 133 cm³/mol. The maximum Gasteiger partial charge on any atom is 0.361 e. The van der Waals surface area contributed by atoms with Crippen LogP contribution in [-0.4, -0.2) is 101 Å². The number of anilines is 1. The van der Waals surface area contributed by atoms with E-state index in [2.05, 4.69) is 20.4 Å². The molecule has 38 heavy (non-hydrogen) atoms. The second-order valence-corrected chi connectivity index (χ2v) is 12.5. The summed E-state index contributed by atoms with van der Waals surface area (Å²) < 4.78 is 30.3. The molecule has 0 radical (unpaired) electrons. The molecular weight excluding hydrogens is 545 g/mol. The molecular formula is C22H33ClN5O9P. The molecule has 212 valence electrons. The van der Waals surface area contributed by atoms with Gasteiger partial charge in [0.25, 0.3) is 0 Å². The molecule has 1 saturated heterocycles. The maximum atomic E-state index is 12.2. The van der Waals surface area contributed by atoms with Crippen LogP contribution in [0, 0.1) is 5.92 Å². The van der Waals surface area contributed by atoms with Gasteiger partial charge in [-0.1, -0.05) is 12.8 Å². The van der Waals surface area contributed by atoms with Crippen LogP contribution in [-0.2, 0) is 18.8 Å². The lowest BCUT2D eigenvalue weighted by molar-refractivity contribution is -0.130. The normalized spacial score (nSPS) is 28.3. The summed E-state index contributed by atoms with van der Waals surface area (Å²) in [5.41, 5.74) is 0.275. The molecule has 2 aliphatic carbocycles. The summed E-state index contributed by atoms with van der Waals surface area (Å²) >= 11 is 6.18. The van der Waals surface area contributed by atoms with E-state index in [1.54, 1.807) is 0 Å². The van der Waals surface area contributed by atoms with Crippen molar-refractivity contribution >= 4 is 36.0 Å². The van der Waals surface area contributed by atoms with Gasteiger partial charge >= 0.3 is 7.60 Å². The van der Waals surface area contributed by atoms with Crippen molar-refractivity contribution in [1.82, 2.24) is 19.7 Å². The Labute approximate surface area is 223 Å². The molecule has 6 N–H and O–H groups in total. The van der Waals surface area contributed by atoms with E-state index in [4.69, 9.17) is 25.8 Å². The molecule has 1 aliphatic heterocycles. The van der Waals surface area contributed by atoms with Crippen molar-refractivity contribution in [3.63, 3.8) is 0 Å². The Balaban J connectivity index is 1.32. The van der Waals surface area contributed by atoms with Gasteiger partial charge in [0, 0.05) is 12.6 Å². The smallest absolute Gasteiger partial charge is 0.361 e. The molecule has 5 rings (SSSR count). The lowest BCUT2D eigenvalue weighted by atomic mass is 10.1. The third-order valence-corrected chi connectivity index (χ3v) is 9.00. The summed E-state index contributed by atoms with van der Waals surface area (Å²) in [5.74, 6) is 0.834. The molecule has 3 fully saturated rings. The monoisotopic (exact) mass is 577 g/mol. The first-order valence-electron chi connectivity index (χ1n) is 12.7. The van der Waals surface area contributed by atoms with Crippen LogP contribution in [0.5, 0.6) is 0 Å². The Hall–Kier alpha value is -1.45. The Bertz CT molecular complexity index is 1170. The first kappa shape index (κ1) is 28.1. The van der Waals surface area contributed by atoms with E-state index in [1.165, 1.54) is 10.9 Å². The number of fused-ring (bicyclic) bond motifs is 1. The topological polar surface area (TPSA) is 202 Å². The standard InChI is InChI=1S/C22H33ClN5O9P/c23-21-26-18(25-13-3-1-2-4-13)14-7-24-28(19(14)27-21)20-17(31)16(30)15(37-20)9-36-22(10-29,38(32,33)34)11-35-8-12-5-6-12/h7,12-13,15-17,20,29-31H,1-6,8-11H2,(H,25,26,27)(H2,32,33,34)/t15-,16-,17-,20-,22+/m0/s1. The SMILES string of the molecule is O=P(O)(O)[C@](CO)(COCC1CC1)OC[C@@H]1O[C@H](n2ncc3c(NC4CCCC4)nc(Cl)nc32)[C@@H](O)[C@H]1O. The highest BCUT2D eigenvalue weighted by Gasteiger charge is 2.51. The lowest BCUT2D eigenvalue weighted by Gasteiger charge is -2.33. The van der Waals surface area contributed by atoms with Crippen LogP contribution in [0.15, 0.2) is 6.20 Å². The van der Waals surface area contributed by atoms with Gasteiger partial charge in [-0.25, -0.2) is 4.68 Å². The summed E-state index contributed by atoms with van der Waals surface area (Å²) in [6.07, 6.45) is 2.33. The van der Waals surface area contributed by atoms with E-state index >= 15 is 0 Å². The first-order valence-corrected chi connectivity index (χ1v) is 14.7. The van der Waals surface area contributed by atoms with Crippen LogP contribution in [0.1, 0.15) is 44.8 Å².